The molecule has 0 saturated heterocycles. The second kappa shape index (κ2) is 12.1. The van der Waals surface area contributed by atoms with E-state index in [1.165, 1.54) is 39.4 Å². The number of amides is 1. The summed E-state index contributed by atoms with van der Waals surface area (Å²) in [5.74, 6) is 0.845. The SMILES string of the molecule is O=C(CSc1nnc(SCc2cccc3ccccc23)s1)NN=CC(Br)=Cc1ccccc1. The second-order valence-corrected chi connectivity index (χ2v) is 11.1. The number of halogens is 1. The first-order chi connectivity index (χ1) is 16.2. The van der Waals surface area contributed by atoms with Crippen LogP contribution in [0.1, 0.15) is 11.1 Å². The van der Waals surface area contributed by atoms with Crippen molar-refractivity contribution in [2.75, 3.05) is 5.75 Å². The van der Waals surface area contributed by atoms with Crippen molar-refractivity contribution in [1.82, 2.24) is 15.6 Å². The summed E-state index contributed by atoms with van der Waals surface area (Å²) in [4.78, 5) is 12.1. The van der Waals surface area contributed by atoms with Crippen LogP contribution < -0.4 is 5.43 Å². The van der Waals surface area contributed by atoms with Crippen molar-refractivity contribution in [3.63, 3.8) is 0 Å². The first kappa shape index (κ1) is 23.7. The Labute approximate surface area is 212 Å². The maximum Gasteiger partial charge on any atom is 0.250 e. The molecular formula is C24H19BrN4OS3. The van der Waals surface area contributed by atoms with Crippen LogP contribution in [0.25, 0.3) is 16.8 Å². The van der Waals surface area contributed by atoms with Crippen LogP contribution in [-0.4, -0.2) is 28.1 Å². The molecule has 166 valence electrons. The summed E-state index contributed by atoms with van der Waals surface area (Å²) >= 11 is 7.93. The van der Waals surface area contributed by atoms with Crippen molar-refractivity contribution in [2.24, 2.45) is 5.10 Å². The molecule has 0 atom stereocenters. The van der Waals surface area contributed by atoms with Gasteiger partial charge in [-0.05, 0) is 43.9 Å². The molecule has 0 bridgehead atoms. The van der Waals surface area contributed by atoms with Crippen LogP contribution in [0, 0.1) is 0 Å². The number of rotatable bonds is 9. The van der Waals surface area contributed by atoms with Gasteiger partial charge in [0.25, 0.3) is 5.91 Å². The number of aromatic nitrogens is 2. The third-order valence-corrected chi connectivity index (χ3v) is 8.10. The molecule has 0 aliphatic carbocycles. The van der Waals surface area contributed by atoms with Gasteiger partial charge >= 0.3 is 0 Å². The van der Waals surface area contributed by atoms with Crippen LogP contribution in [-0.2, 0) is 10.5 Å². The topological polar surface area (TPSA) is 67.2 Å². The molecule has 0 radical (unpaired) electrons. The molecule has 0 aliphatic heterocycles. The lowest BCUT2D eigenvalue weighted by Crippen LogP contribution is -2.19. The van der Waals surface area contributed by atoms with E-state index in [9.17, 15) is 4.79 Å². The molecule has 1 aromatic heterocycles. The second-order valence-electron chi connectivity index (χ2n) is 6.78. The highest BCUT2D eigenvalue weighted by Gasteiger charge is 2.09. The highest BCUT2D eigenvalue weighted by atomic mass is 79.9. The Kier molecular flexibility index (Phi) is 8.71. The number of hydrogen-bond acceptors (Lipinski definition) is 7. The zero-order valence-electron chi connectivity index (χ0n) is 17.3. The van der Waals surface area contributed by atoms with Crippen molar-refractivity contribution < 1.29 is 4.79 Å². The molecular weight excluding hydrogens is 536 g/mol. The van der Waals surface area contributed by atoms with Gasteiger partial charge < -0.3 is 0 Å². The lowest BCUT2D eigenvalue weighted by molar-refractivity contribution is -0.118. The molecule has 0 aliphatic rings. The van der Waals surface area contributed by atoms with E-state index < -0.39 is 0 Å². The number of nitrogens with zero attached hydrogens (tertiary/aromatic N) is 3. The number of carbonyl (C=O) groups is 1. The molecule has 4 rings (SSSR count). The smallest absolute Gasteiger partial charge is 0.250 e. The first-order valence-electron chi connectivity index (χ1n) is 9.97. The summed E-state index contributed by atoms with van der Waals surface area (Å²) in [6.45, 7) is 0. The van der Waals surface area contributed by atoms with Gasteiger partial charge in [-0.1, -0.05) is 108 Å². The number of hydrazone groups is 1. The van der Waals surface area contributed by atoms with Gasteiger partial charge in [0.05, 0.1) is 12.0 Å². The average Bonchev–Trinajstić information content (AvgIpc) is 3.30. The monoisotopic (exact) mass is 554 g/mol. The van der Waals surface area contributed by atoms with Gasteiger partial charge in [-0.15, -0.1) is 10.2 Å². The van der Waals surface area contributed by atoms with E-state index in [1.54, 1.807) is 18.0 Å². The van der Waals surface area contributed by atoms with E-state index >= 15 is 0 Å². The summed E-state index contributed by atoms with van der Waals surface area (Å²) in [6.07, 6.45) is 3.48. The van der Waals surface area contributed by atoms with Crippen molar-refractivity contribution in [3.8, 4) is 0 Å². The largest absolute Gasteiger partial charge is 0.272 e. The van der Waals surface area contributed by atoms with E-state index in [0.29, 0.717) is 0 Å². The Hall–Kier alpha value is -2.46. The number of thioether (sulfide) groups is 2. The number of benzene rings is 3. The Morgan fingerprint density at radius 3 is 2.55 bits per heavy atom. The highest BCUT2D eigenvalue weighted by Crippen LogP contribution is 2.32. The Balaban J connectivity index is 1.23. The highest BCUT2D eigenvalue weighted by molar-refractivity contribution is 9.12. The summed E-state index contributed by atoms with van der Waals surface area (Å²) in [5.41, 5.74) is 4.85. The Bertz CT molecular complexity index is 1290. The lowest BCUT2D eigenvalue weighted by Gasteiger charge is -2.04. The molecule has 1 amide bonds. The van der Waals surface area contributed by atoms with Crippen LogP contribution in [0.4, 0.5) is 0 Å². The minimum absolute atomic E-state index is 0.198. The van der Waals surface area contributed by atoms with Gasteiger partial charge in [-0.25, -0.2) is 5.43 Å². The lowest BCUT2D eigenvalue weighted by atomic mass is 10.1. The number of allylic oxidation sites excluding steroid dienone is 1. The summed E-state index contributed by atoms with van der Waals surface area (Å²) < 4.78 is 2.41. The third kappa shape index (κ3) is 7.26. The predicted molar refractivity (Wildman–Crippen MR) is 144 cm³/mol. The first-order valence-corrected chi connectivity index (χ1v) is 13.6. The van der Waals surface area contributed by atoms with Crippen molar-refractivity contribution in [1.29, 1.82) is 0 Å². The molecule has 0 saturated carbocycles. The Morgan fingerprint density at radius 2 is 1.70 bits per heavy atom. The van der Waals surface area contributed by atoms with Crippen LogP contribution in [0.5, 0.6) is 0 Å². The molecule has 0 spiro atoms. The molecule has 4 aromatic rings. The van der Waals surface area contributed by atoms with E-state index in [-0.39, 0.29) is 11.7 Å². The number of nitrogens with one attached hydrogen (secondary N) is 1. The van der Waals surface area contributed by atoms with Crippen molar-refractivity contribution in [3.05, 3.63) is 88.4 Å². The summed E-state index contributed by atoms with van der Waals surface area (Å²) in [6, 6.07) is 24.6. The summed E-state index contributed by atoms with van der Waals surface area (Å²) in [7, 11) is 0. The van der Waals surface area contributed by atoms with Gasteiger partial charge in [-0.3, -0.25) is 4.79 Å². The number of fused-ring (bicyclic) bond motifs is 1. The maximum atomic E-state index is 12.1. The zero-order valence-corrected chi connectivity index (χ0v) is 21.4. The van der Waals surface area contributed by atoms with Crippen LogP contribution in [0.15, 0.2) is 91.1 Å². The fourth-order valence-corrected chi connectivity index (χ4v) is 6.13. The minimum atomic E-state index is -0.198. The van der Waals surface area contributed by atoms with Gasteiger partial charge in [0.15, 0.2) is 8.68 Å². The van der Waals surface area contributed by atoms with Gasteiger partial charge in [0.1, 0.15) is 0 Å². The molecule has 33 heavy (non-hydrogen) atoms. The van der Waals surface area contributed by atoms with E-state index in [2.05, 4.69) is 79.1 Å². The fourth-order valence-electron chi connectivity index (χ4n) is 2.94. The predicted octanol–water partition coefficient (Wildman–Crippen LogP) is 6.61. The molecule has 5 nitrogen and oxygen atoms in total. The van der Waals surface area contributed by atoms with Crippen LogP contribution in [0.2, 0.25) is 0 Å². The van der Waals surface area contributed by atoms with Gasteiger partial charge in [-0.2, -0.15) is 5.10 Å². The normalized spacial score (nSPS) is 11.8. The summed E-state index contributed by atoms with van der Waals surface area (Å²) in [5, 5.41) is 14.9. The molecule has 1 heterocycles. The van der Waals surface area contributed by atoms with Crippen molar-refractivity contribution in [2.45, 2.75) is 14.4 Å². The Morgan fingerprint density at radius 1 is 0.970 bits per heavy atom. The van der Waals surface area contributed by atoms with E-state index in [0.717, 1.165) is 24.5 Å². The quantitative estimate of drug-likeness (QED) is 0.143. The van der Waals surface area contributed by atoms with Crippen LogP contribution in [0.3, 0.4) is 0 Å². The van der Waals surface area contributed by atoms with Gasteiger partial charge in [0.2, 0.25) is 0 Å². The minimum Gasteiger partial charge on any atom is -0.272 e. The van der Waals surface area contributed by atoms with E-state index in [1.807, 2.05) is 36.4 Å². The van der Waals surface area contributed by atoms with Gasteiger partial charge in [0, 0.05) is 10.2 Å². The number of carbonyl (C=O) groups excluding carboxylic acids is 1. The van der Waals surface area contributed by atoms with Crippen molar-refractivity contribution >= 4 is 79.8 Å². The molecule has 0 fully saturated rings. The maximum absolute atomic E-state index is 12.1. The third-order valence-electron chi connectivity index (χ3n) is 4.43. The molecule has 9 heteroatoms. The molecule has 3 aromatic carbocycles. The van der Waals surface area contributed by atoms with Crippen LogP contribution >= 0.6 is 50.8 Å². The molecule has 1 N–H and O–H groups in total. The van der Waals surface area contributed by atoms with E-state index in [4.69, 9.17) is 0 Å². The number of hydrogen-bond donors (Lipinski definition) is 1. The molecule has 0 unspecified atom stereocenters. The standard InChI is InChI=1S/C24H19BrN4OS3/c25-20(13-17-7-2-1-3-8-17)14-26-27-22(30)16-32-24-29-28-23(33-24)31-15-19-11-6-10-18-9-4-5-12-21(18)19/h1-14H,15-16H2,(H,27,30). The fraction of sp³-hybridized carbons (Fsp3) is 0.0833. The average molecular weight is 556 g/mol. The zero-order chi connectivity index (χ0) is 22.9.